The summed E-state index contributed by atoms with van der Waals surface area (Å²) in [6, 6.07) is 6.26. The van der Waals surface area contributed by atoms with Gasteiger partial charge in [0.15, 0.2) is 0 Å². The Morgan fingerprint density at radius 2 is 1.84 bits per heavy atom. The Balaban J connectivity index is 1.66. The van der Waals surface area contributed by atoms with Crippen molar-refractivity contribution >= 4 is 23.6 Å². The van der Waals surface area contributed by atoms with Crippen LogP contribution < -0.4 is 10.2 Å². The number of carbonyl (C=O) groups excluding carboxylic acids is 2. The van der Waals surface area contributed by atoms with E-state index in [9.17, 15) is 14.0 Å². The highest BCUT2D eigenvalue weighted by atomic mass is 19.1. The number of rotatable bonds is 5. The quantitative estimate of drug-likeness (QED) is 0.770. The summed E-state index contributed by atoms with van der Waals surface area (Å²) in [7, 11) is 0. The van der Waals surface area contributed by atoms with E-state index in [0.29, 0.717) is 50.2 Å². The highest BCUT2D eigenvalue weighted by Gasteiger charge is 2.35. The zero-order chi connectivity index (χ0) is 23.0. The van der Waals surface area contributed by atoms with Crippen LogP contribution in [0.4, 0.5) is 16.2 Å². The first-order valence-electron chi connectivity index (χ1n) is 11.0. The molecule has 9 heteroatoms. The van der Waals surface area contributed by atoms with Crippen LogP contribution in [0.1, 0.15) is 55.4 Å². The average Bonchev–Trinajstić information content (AvgIpc) is 3.11. The largest absolute Gasteiger partial charge is 0.363 e. The number of anilines is 2. The second kappa shape index (κ2) is 8.72. The van der Waals surface area contributed by atoms with E-state index < -0.39 is 0 Å². The number of carbonyl (C=O) groups is 2. The molecule has 2 amide bonds. The molecule has 32 heavy (non-hydrogen) atoms. The fourth-order valence-electron chi connectivity index (χ4n) is 4.14. The van der Waals surface area contributed by atoms with Crippen LogP contribution in [0, 0.1) is 5.82 Å². The highest BCUT2D eigenvalue weighted by molar-refractivity contribution is 5.98. The van der Waals surface area contributed by atoms with E-state index in [2.05, 4.69) is 10.3 Å². The zero-order valence-corrected chi connectivity index (χ0v) is 18.9. The molecule has 1 fully saturated rings. The fourth-order valence-corrected chi connectivity index (χ4v) is 4.14. The Labute approximate surface area is 187 Å². The molecule has 2 aliphatic heterocycles. The van der Waals surface area contributed by atoms with Gasteiger partial charge in [-0.05, 0) is 38.5 Å². The van der Waals surface area contributed by atoms with Gasteiger partial charge in [-0.25, -0.2) is 9.37 Å². The van der Waals surface area contributed by atoms with Gasteiger partial charge in [0.05, 0.1) is 12.6 Å². The molecule has 2 aliphatic rings. The van der Waals surface area contributed by atoms with Crippen LogP contribution in [0.15, 0.2) is 24.3 Å². The third-order valence-corrected chi connectivity index (χ3v) is 6.12. The van der Waals surface area contributed by atoms with Crippen molar-refractivity contribution in [3.05, 3.63) is 46.9 Å². The maximum Gasteiger partial charge on any atom is 0.273 e. The lowest BCUT2D eigenvalue weighted by atomic mass is 10.1. The van der Waals surface area contributed by atoms with Crippen molar-refractivity contribution < 1.29 is 14.0 Å². The number of piperazine rings is 1. The Morgan fingerprint density at radius 1 is 1.12 bits per heavy atom. The van der Waals surface area contributed by atoms with E-state index in [4.69, 9.17) is 4.98 Å². The summed E-state index contributed by atoms with van der Waals surface area (Å²) in [5.41, 5.74) is 1.96. The predicted molar refractivity (Wildman–Crippen MR) is 120 cm³/mol. The normalized spacial score (nSPS) is 17.1. The second-order valence-electron chi connectivity index (χ2n) is 8.64. The molecule has 2 aromatic rings. The minimum atomic E-state index is -0.297. The number of nitrogens with one attached hydrogen (secondary N) is 1. The van der Waals surface area contributed by atoms with Gasteiger partial charge in [0.2, 0.25) is 11.9 Å². The summed E-state index contributed by atoms with van der Waals surface area (Å²) in [5, 5.41) is 3.38. The topological polar surface area (TPSA) is 81.7 Å². The summed E-state index contributed by atoms with van der Waals surface area (Å²) in [4.78, 5) is 39.7. The first-order valence-corrected chi connectivity index (χ1v) is 11.0. The summed E-state index contributed by atoms with van der Waals surface area (Å²) in [6.07, 6.45) is 0. The molecule has 0 aliphatic carbocycles. The maximum atomic E-state index is 13.7. The van der Waals surface area contributed by atoms with E-state index in [1.54, 1.807) is 22.8 Å². The summed E-state index contributed by atoms with van der Waals surface area (Å²) >= 11 is 0. The smallest absolute Gasteiger partial charge is 0.273 e. The van der Waals surface area contributed by atoms with Gasteiger partial charge in [-0.1, -0.05) is 12.1 Å². The molecule has 1 N–H and O–H groups in total. The Bertz CT molecular complexity index is 1040. The minimum Gasteiger partial charge on any atom is -0.363 e. The monoisotopic (exact) mass is 440 g/mol. The third kappa shape index (κ3) is 4.24. The van der Waals surface area contributed by atoms with Crippen LogP contribution in [0.5, 0.6) is 0 Å². The Hall–Kier alpha value is -3.23. The van der Waals surface area contributed by atoms with Crippen molar-refractivity contribution in [2.75, 3.05) is 36.4 Å². The summed E-state index contributed by atoms with van der Waals surface area (Å²) in [6.45, 7) is 10.3. The molecular formula is C23H29FN6O2. The van der Waals surface area contributed by atoms with Crippen molar-refractivity contribution in [1.29, 1.82) is 0 Å². The van der Waals surface area contributed by atoms with Gasteiger partial charge in [0, 0.05) is 44.7 Å². The molecule has 0 spiro atoms. The molecule has 3 heterocycles. The van der Waals surface area contributed by atoms with Gasteiger partial charge in [0.1, 0.15) is 17.3 Å². The van der Waals surface area contributed by atoms with Crippen LogP contribution >= 0.6 is 0 Å². The molecular weight excluding hydrogens is 411 g/mol. The van der Waals surface area contributed by atoms with Crippen molar-refractivity contribution in [2.24, 2.45) is 0 Å². The van der Waals surface area contributed by atoms with Crippen LogP contribution in [0.3, 0.4) is 0 Å². The number of hydrogen-bond donors (Lipinski definition) is 1. The van der Waals surface area contributed by atoms with Crippen LogP contribution in [0.2, 0.25) is 0 Å². The summed E-state index contributed by atoms with van der Waals surface area (Å²) in [5.74, 6) is 0.706. The SMILES string of the molecule is CC(=O)N1CCN(c2nc(N[C@H](C)c3cccc(F)c3)c3c(n2)C(=O)N(C(C)C)C3)CC1. The first kappa shape index (κ1) is 22.0. The lowest BCUT2D eigenvalue weighted by Crippen LogP contribution is -2.48. The van der Waals surface area contributed by atoms with E-state index in [-0.39, 0.29) is 29.7 Å². The zero-order valence-electron chi connectivity index (χ0n) is 18.9. The van der Waals surface area contributed by atoms with Crippen molar-refractivity contribution in [3.63, 3.8) is 0 Å². The second-order valence-corrected chi connectivity index (χ2v) is 8.64. The van der Waals surface area contributed by atoms with Crippen LogP contribution in [-0.2, 0) is 11.3 Å². The van der Waals surface area contributed by atoms with Gasteiger partial charge >= 0.3 is 0 Å². The molecule has 170 valence electrons. The van der Waals surface area contributed by atoms with Crippen LogP contribution in [-0.4, -0.2) is 63.8 Å². The molecule has 1 aromatic heterocycles. The molecule has 1 saturated heterocycles. The lowest BCUT2D eigenvalue weighted by molar-refractivity contribution is -0.129. The molecule has 8 nitrogen and oxygen atoms in total. The number of hydrogen-bond acceptors (Lipinski definition) is 6. The van der Waals surface area contributed by atoms with Crippen molar-refractivity contribution in [2.45, 2.75) is 46.3 Å². The first-order chi connectivity index (χ1) is 15.2. The molecule has 0 bridgehead atoms. The molecule has 0 unspecified atom stereocenters. The Morgan fingerprint density at radius 3 is 2.47 bits per heavy atom. The van der Waals surface area contributed by atoms with Crippen LogP contribution in [0.25, 0.3) is 0 Å². The van der Waals surface area contributed by atoms with Gasteiger partial charge in [0.25, 0.3) is 5.91 Å². The number of amides is 2. The number of aromatic nitrogens is 2. The molecule has 0 radical (unpaired) electrons. The number of halogens is 1. The molecule has 1 atom stereocenters. The molecule has 0 saturated carbocycles. The average molecular weight is 441 g/mol. The third-order valence-electron chi connectivity index (χ3n) is 6.12. The van der Waals surface area contributed by atoms with E-state index >= 15 is 0 Å². The van der Waals surface area contributed by atoms with Gasteiger partial charge in [-0.3, -0.25) is 9.59 Å². The standard InChI is InChI=1S/C23H29FN6O2/c1-14(2)30-13-19-20(22(30)32)26-23(29-10-8-28(9-11-29)16(4)31)27-21(19)25-15(3)17-6-5-7-18(24)12-17/h5-7,12,14-15H,8-11,13H2,1-4H3,(H,25,26,27)/t15-/m1/s1. The number of benzene rings is 1. The predicted octanol–water partition coefficient (Wildman–Crippen LogP) is 2.82. The summed E-state index contributed by atoms with van der Waals surface area (Å²) < 4.78 is 13.7. The van der Waals surface area contributed by atoms with Crippen molar-refractivity contribution in [3.8, 4) is 0 Å². The lowest BCUT2D eigenvalue weighted by Gasteiger charge is -2.34. The molecule has 4 rings (SSSR count). The number of nitrogens with zero attached hydrogens (tertiary/aromatic N) is 5. The number of fused-ring (bicyclic) bond motifs is 1. The van der Waals surface area contributed by atoms with E-state index in [1.807, 2.05) is 31.7 Å². The Kier molecular flexibility index (Phi) is 5.99. The minimum absolute atomic E-state index is 0.0350. The van der Waals surface area contributed by atoms with Gasteiger partial charge in [-0.2, -0.15) is 4.98 Å². The fraction of sp³-hybridized carbons (Fsp3) is 0.478. The van der Waals surface area contributed by atoms with E-state index in [1.165, 1.54) is 12.1 Å². The van der Waals surface area contributed by atoms with Crippen molar-refractivity contribution in [1.82, 2.24) is 19.8 Å². The van der Waals surface area contributed by atoms with Gasteiger partial charge < -0.3 is 20.0 Å². The van der Waals surface area contributed by atoms with E-state index in [0.717, 1.165) is 11.1 Å². The molecule has 1 aromatic carbocycles. The highest BCUT2D eigenvalue weighted by Crippen LogP contribution is 2.32. The van der Waals surface area contributed by atoms with Gasteiger partial charge in [-0.15, -0.1) is 0 Å². The maximum absolute atomic E-state index is 13.7.